The van der Waals surface area contributed by atoms with Gasteiger partial charge >= 0.3 is 0 Å². The largest absolute Gasteiger partial charge is 0.489 e. The van der Waals surface area contributed by atoms with E-state index in [9.17, 15) is 4.79 Å². The van der Waals surface area contributed by atoms with E-state index >= 15 is 0 Å². The molecule has 5 heteroatoms. The summed E-state index contributed by atoms with van der Waals surface area (Å²) in [4.78, 5) is 12.1. The van der Waals surface area contributed by atoms with Crippen molar-refractivity contribution in [1.82, 2.24) is 10.5 Å². The van der Waals surface area contributed by atoms with Crippen molar-refractivity contribution in [1.29, 1.82) is 0 Å². The van der Waals surface area contributed by atoms with Gasteiger partial charge in [-0.3, -0.25) is 4.79 Å². The summed E-state index contributed by atoms with van der Waals surface area (Å²) in [6, 6.07) is 7.86. The quantitative estimate of drug-likeness (QED) is 0.723. The molecule has 2 rings (SSSR count). The highest BCUT2D eigenvalue weighted by molar-refractivity contribution is 5.78. The van der Waals surface area contributed by atoms with Crippen LogP contribution in [0.15, 0.2) is 28.8 Å². The number of nitrogens with one attached hydrogen (secondary N) is 1. The first-order valence-electron chi connectivity index (χ1n) is 9.28. The van der Waals surface area contributed by atoms with Gasteiger partial charge in [0, 0.05) is 6.04 Å². The molecule has 0 saturated carbocycles. The molecule has 0 aliphatic carbocycles. The van der Waals surface area contributed by atoms with E-state index in [1.165, 1.54) is 0 Å². The van der Waals surface area contributed by atoms with Crippen molar-refractivity contribution < 1.29 is 14.1 Å². The van der Waals surface area contributed by atoms with Crippen molar-refractivity contribution in [2.45, 2.75) is 66.5 Å². The number of ether oxygens (including phenoxy) is 1. The molecule has 142 valence electrons. The minimum absolute atomic E-state index is 0.0608. The van der Waals surface area contributed by atoms with Gasteiger partial charge in [-0.05, 0) is 57.2 Å². The minimum atomic E-state index is 0.0608. The Morgan fingerprint density at radius 1 is 1.15 bits per heavy atom. The van der Waals surface area contributed by atoms with E-state index in [1.807, 2.05) is 38.1 Å². The fourth-order valence-electron chi connectivity index (χ4n) is 2.73. The van der Waals surface area contributed by atoms with Crippen LogP contribution in [0.3, 0.4) is 0 Å². The van der Waals surface area contributed by atoms with Gasteiger partial charge in [0.2, 0.25) is 5.91 Å². The number of carbonyl (C=O) groups excluding carboxylic acids is 1. The lowest BCUT2D eigenvalue weighted by atomic mass is 10.0. The first-order valence-corrected chi connectivity index (χ1v) is 9.28. The van der Waals surface area contributed by atoms with Gasteiger partial charge in [0.1, 0.15) is 18.1 Å². The van der Waals surface area contributed by atoms with Gasteiger partial charge in [-0.1, -0.05) is 31.1 Å². The number of aromatic nitrogens is 1. The maximum Gasteiger partial charge on any atom is 0.224 e. The van der Waals surface area contributed by atoms with Crippen molar-refractivity contribution in [2.75, 3.05) is 0 Å². The van der Waals surface area contributed by atoms with Gasteiger partial charge in [-0.25, -0.2) is 0 Å². The van der Waals surface area contributed by atoms with Crippen LogP contribution in [0.4, 0.5) is 0 Å². The molecular formula is C21H30N2O3. The molecule has 0 radical (unpaired) electrons. The normalized spacial score (nSPS) is 12.2. The number of nitrogens with zero attached hydrogens (tertiary/aromatic N) is 1. The van der Waals surface area contributed by atoms with Crippen molar-refractivity contribution in [3.05, 3.63) is 46.8 Å². The van der Waals surface area contributed by atoms with Crippen LogP contribution in [0.5, 0.6) is 5.75 Å². The Labute approximate surface area is 156 Å². The Hall–Kier alpha value is -2.30. The second-order valence-corrected chi connectivity index (χ2v) is 7.35. The average molecular weight is 358 g/mol. The first kappa shape index (κ1) is 20.0. The van der Waals surface area contributed by atoms with Crippen LogP contribution in [0, 0.1) is 19.8 Å². The molecule has 0 saturated heterocycles. The molecule has 0 bridgehead atoms. The van der Waals surface area contributed by atoms with Gasteiger partial charge in [0.25, 0.3) is 0 Å². The molecule has 1 N–H and O–H groups in total. The summed E-state index contributed by atoms with van der Waals surface area (Å²) in [6.07, 6.45) is 2.52. The zero-order valence-electron chi connectivity index (χ0n) is 16.5. The standard InChI is InChI=1S/C21H30N2O3/c1-14(2)6-7-15(3)22-21(24)12-18-8-10-19(11-9-18)25-13-20-16(4)23-26-17(20)5/h8-11,14-15H,6-7,12-13H2,1-5H3,(H,22,24). The number of benzene rings is 1. The summed E-state index contributed by atoms with van der Waals surface area (Å²) >= 11 is 0. The Kier molecular flexibility index (Phi) is 7.25. The fraction of sp³-hybridized carbons (Fsp3) is 0.524. The van der Waals surface area contributed by atoms with Gasteiger partial charge < -0.3 is 14.6 Å². The highest BCUT2D eigenvalue weighted by atomic mass is 16.5. The Morgan fingerprint density at radius 2 is 1.85 bits per heavy atom. The molecule has 0 fully saturated rings. The number of aryl methyl sites for hydroxylation is 2. The van der Waals surface area contributed by atoms with E-state index in [1.54, 1.807) is 0 Å². The van der Waals surface area contributed by atoms with Crippen LogP contribution in [0.1, 0.15) is 56.2 Å². The van der Waals surface area contributed by atoms with Gasteiger partial charge in [0.15, 0.2) is 0 Å². The molecule has 1 atom stereocenters. The zero-order chi connectivity index (χ0) is 19.1. The molecule has 26 heavy (non-hydrogen) atoms. The molecule has 0 aliphatic rings. The van der Waals surface area contributed by atoms with Crippen LogP contribution >= 0.6 is 0 Å². The predicted octanol–water partition coefficient (Wildman–Crippen LogP) is 4.35. The third-order valence-corrected chi connectivity index (χ3v) is 4.44. The second-order valence-electron chi connectivity index (χ2n) is 7.35. The van der Waals surface area contributed by atoms with Gasteiger partial charge in [-0.15, -0.1) is 0 Å². The highest BCUT2D eigenvalue weighted by Gasteiger charge is 2.11. The number of hydrogen-bond acceptors (Lipinski definition) is 4. The average Bonchev–Trinajstić information content (AvgIpc) is 2.90. The van der Waals surface area contributed by atoms with Gasteiger partial charge in [-0.2, -0.15) is 0 Å². The van der Waals surface area contributed by atoms with E-state index in [-0.39, 0.29) is 11.9 Å². The lowest BCUT2D eigenvalue weighted by Crippen LogP contribution is -2.33. The lowest BCUT2D eigenvalue weighted by molar-refractivity contribution is -0.121. The van der Waals surface area contributed by atoms with Crippen molar-refractivity contribution in [3.8, 4) is 5.75 Å². The van der Waals surface area contributed by atoms with Crippen LogP contribution in [-0.2, 0) is 17.8 Å². The Morgan fingerprint density at radius 3 is 2.42 bits per heavy atom. The van der Waals surface area contributed by atoms with E-state index in [2.05, 4.69) is 31.2 Å². The summed E-state index contributed by atoms with van der Waals surface area (Å²) in [7, 11) is 0. The summed E-state index contributed by atoms with van der Waals surface area (Å²) < 4.78 is 10.9. The maximum atomic E-state index is 12.1. The minimum Gasteiger partial charge on any atom is -0.489 e. The smallest absolute Gasteiger partial charge is 0.224 e. The zero-order valence-corrected chi connectivity index (χ0v) is 16.5. The van der Waals surface area contributed by atoms with Crippen molar-refractivity contribution in [2.24, 2.45) is 5.92 Å². The van der Waals surface area contributed by atoms with Crippen LogP contribution in [-0.4, -0.2) is 17.1 Å². The van der Waals surface area contributed by atoms with E-state index in [4.69, 9.17) is 9.26 Å². The summed E-state index contributed by atoms with van der Waals surface area (Å²) in [6.45, 7) is 10.7. The summed E-state index contributed by atoms with van der Waals surface area (Å²) in [5, 5.41) is 6.99. The molecular weight excluding hydrogens is 328 g/mol. The van der Waals surface area contributed by atoms with Crippen molar-refractivity contribution in [3.63, 3.8) is 0 Å². The lowest BCUT2D eigenvalue weighted by Gasteiger charge is -2.15. The third-order valence-electron chi connectivity index (χ3n) is 4.44. The SMILES string of the molecule is Cc1noc(C)c1COc1ccc(CC(=O)NC(C)CCC(C)C)cc1. The first-order chi connectivity index (χ1) is 12.3. The van der Waals surface area contributed by atoms with Crippen molar-refractivity contribution >= 4 is 5.91 Å². The summed E-state index contributed by atoms with van der Waals surface area (Å²) in [5.74, 6) is 2.26. The second kappa shape index (κ2) is 9.41. The molecule has 0 aliphatic heterocycles. The predicted molar refractivity (Wildman–Crippen MR) is 102 cm³/mol. The van der Waals surface area contributed by atoms with Crippen LogP contribution in [0.25, 0.3) is 0 Å². The molecule has 1 heterocycles. The number of carbonyl (C=O) groups is 1. The molecule has 1 aromatic heterocycles. The molecule has 1 aromatic carbocycles. The number of amides is 1. The molecule has 5 nitrogen and oxygen atoms in total. The topological polar surface area (TPSA) is 64.4 Å². The maximum absolute atomic E-state index is 12.1. The number of rotatable bonds is 9. The van der Waals surface area contributed by atoms with Crippen LogP contribution < -0.4 is 10.1 Å². The fourth-order valence-corrected chi connectivity index (χ4v) is 2.73. The Balaban J connectivity index is 1.80. The molecule has 0 spiro atoms. The van der Waals surface area contributed by atoms with E-state index in [0.717, 1.165) is 41.2 Å². The number of hydrogen-bond donors (Lipinski definition) is 1. The molecule has 2 aromatic rings. The summed E-state index contributed by atoms with van der Waals surface area (Å²) in [5.41, 5.74) is 2.80. The van der Waals surface area contributed by atoms with E-state index < -0.39 is 0 Å². The Bertz CT molecular complexity index is 685. The van der Waals surface area contributed by atoms with E-state index in [0.29, 0.717) is 18.9 Å². The molecule has 1 amide bonds. The highest BCUT2D eigenvalue weighted by Crippen LogP contribution is 2.18. The van der Waals surface area contributed by atoms with Crippen LogP contribution in [0.2, 0.25) is 0 Å². The van der Waals surface area contributed by atoms with Gasteiger partial charge in [0.05, 0.1) is 17.7 Å². The monoisotopic (exact) mass is 358 g/mol. The molecule has 1 unspecified atom stereocenters. The third kappa shape index (κ3) is 6.21.